The Balaban J connectivity index is 2.05. The van der Waals surface area contributed by atoms with Gasteiger partial charge in [0, 0.05) is 23.3 Å². The van der Waals surface area contributed by atoms with Crippen molar-refractivity contribution in [2.75, 3.05) is 12.5 Å². The molecule has 0 amide bonds. The Bertz CT molecular complexity index is 946. The minimum atomic E-state index is -0.485. The van der Waals surface area contributed by atoms with Gasteiger partial charge in [0.1, 0.15) is 22.7 Å². The summed E-state index contributed by atoms with van der Waals surface area (Å²) in [6.45, 7) is 1.99. The van der Waals surface area contributed by atoms with Gasteiger partial charge in [-0.2, -0.15) is 0 Å². The zero-order valence-electron chi connectivity index (χ0n) is 14.9. The maximum atomic E-state index is 12.6. The highest BCUT2D eigenvalue weighted by Gasteiger charge is 2.24. The molecule has 27 heavy (non-hydrogen) atoms. The van der Waals surface area contributed by atoms with Gasteiger partial charge in [-0.05, 0) is 31.5 Å². The largest absolute Gasteiger partial charge is 0.462 e. The number of halogens is 1. The van der Waals surface area contributed by atoms with Crippen LogP contribution in [0.3, 0.4) is 0 Å². The SMILES string of the molecule is CCOC(=O)c1c(-c2ccccc2)oc2ccc(OC(=O)CCCCl)cc12. The molecule has 0 bridgehead atoms. The lowest BCUT2D eigenvalue weighted by Crippen LogP contribution is -2.08. The number of hydrogen-bond acceptors (Lipinski definition) is 5. The molecule has 0 unspecified atom stereocenters. The average Bonchev–Trinajstić information content (AvgIpc) is 3.06. The van der Waals surface area contributed by atoms with Crippen LogP contribution in [0, 0.1) is 0 Å². The van der Waals surface area contributed by atoms with Crippen LogP contribution in [0.2, 0.25) is 0 Å². The summed E-state index contributed by atoms with van der Waals surface area (Å²) < 4.78 is 16.5. The maximum absolute atomic E-state index is 12.6. The standard InChI is InChI=1S/C21H19ClO5/c1-2-25-21(24)19-16-13-15(26-18(23)9-6-12-22)10-11-17(16)27-20(19)14-7-4-3-5-8-14/h3-5,7-8,10-11,13H,2,6,9,12H2,1H3. The molecular formula is C21H19ClO5. The van der Waals surface area contributed by atoms with Crippen LogP contribution in [0.4, 0.5) is 0 Å². The summed E-state index contributed by atoms with van der Waals surface area (Å²) in [6.07, 6.45) is 0.771. The summed E-state index contributed by atoms with van der Waals surface area (Å²) in [5.41, 5.74) is 1.59. The van der Waals surface area contributed by atoms with E-state index in [0.717, 1.165) is 5.56 Å². The lowest BCUT2D eigenvalue weighted by molar-refractivity contribution is -0.134. The number of ether oxygens (including phenoxy) is 2. The van der Waals surface area contributed by atoms with Crippen LogP contribution in [-0.2, 0) is 9.53 Å². The van der Waals surface area contributed by atoms with Gasteiger partial charge < -0.3 is 13.9 Å². The smallest absolute Gasteiger partial charge is 0.342 e. The van der Waals surface area contributed by atoms with Gasteiger partial charge in [0.05, 0.1) is 6.61 Å². The van der Waals surface area contributed by atoms with Crippen molar-refractivity contribution in [2.45, 2.75) is 19.8 Å². The Morgan fingerprint density at radius 2 is 1.89 bits per heavy atom. The molecule has 0 saturated heterocycles. The molecule has 140 valence electrons. The van der Waals surface area contributed by atoms with Crippen LogP contribution in [0.1, 0.15) is 30.1 Å². The van der Waals surface area contributed by atoms with E-state index in [9.17, 15) is 9.59 Å². The average molecular weight is 387 g/mol. The molecule has 0 N–H and O–H groups in total. The minimum absolute atomic E-state index is 0.229. The second-order valence-electron chi connectivity index (χ2n) is 5.82. The van der Waals surface area contributed by atoms with Crippen molar-refractivity contribution >= 4 is 34.5 Å². The van der Waals surface area contributed by atoms with E-state index in [2.05, 4.69) is 0 Å². The molecule has 1 heterocycles. The van der Waals surface area contributed by atoms with Crippen molar-refractivity contribution in [3.05, 3.63) is 54.1 Å². The number of hydrogen-bond donors (Lipinski definition) is 0. The number of benzene rings is 2. The van der Waals surface area contributed by atoms with Crippen molar-refractivity contribution in [1.29, 1.82) is 0 Å². The van der Waals surface area contributed by atoms with Gasteiger partial charge in [0.25, 0.3) is 0 Å². The highest BCUT2D eigenvalue weighted by atomic mass is 35.5. The summed E-state index contributed by atoms with van der Waals surface area (Å²) in [4.78, 5) is 24.4. The van der Waals surface area contributed by atoms with Crippen molar-refractivity contribution in [3.63, 3.8) is 0 Å². The molecule has 1 aromatic heterocycles. The first-order valence-corrected chi connectivity index (χ1v) is 9.23. The van der Waals surface area contributed by atoms with Gasteiger partial charge >= 0.3 is 11.9 Å². The Morgan fingerprint density at radius 3 is 2.59 bits per heavy atom. The Kier molecular flexibility index (Phi) is 6.14. The number of rotatable bonds is 7. The normalized spacial score (nSPS) is 10.7. The molecule has 5 nitrogen and oxygen atoms in total. The molecular weight excluding hydrogens is 368 g/mol. The third-order valence-electron chi connectivity index (χ3n) is 3.92. The van der Waals surface area contributed by atoms with Crippen molar-refractivity contribution < 1.29 is 23.5 Å². The number of esters is 2. The van der Waals surface area contributed by atoms with Crippen LogP contribution in [0.5, 0.6) is 5.75 Å². The monoisotopic (exact) mass is 386 g/mol. The Labute approximate surface area is 161 Å². The van der Waals surface area contributed by atoms with Gasteiger partial charge in [-0.1, -0.05) is 30.3 Å². The molecule has 2 aromatic carbocycles. The van der Waals surface area contributed by atoms with Crippen LogP contribution < -0.4 is 4.74 Å². The van der Waals surface area contributed by atoms with Gasteiger partial charge in [-0.3, -0.25) is 4.79 Å². The summed E-state index contributed by atoms with van der Waals surface area (Å²) in [5.74, 6) is 0.298. The lowest BCUT2D eigenvalue weighted by Gasteiger charge is -2.05. The van der Waals surface area contributed by atoms with E-state index >= 15 is 0 Å². The molecule has 0 saturated carbocycles. The second-order valence-corrected chi connectivity index (χ2v) is 6.20. The first-order chi connectivity index (χ1) is 13.1. The number of carbonyl (C=O) groups excluding carboxylic acids is 2. The van der Waals surface area contributed by atoms with Crippen molar-refractivity contribution in [2.24, 2.45) is 0 Å². The predicted molar refractivity (Wildman–Crippen MR) is 103 cm³/mol. The third kappa shape index (κ3) is 4.31. The molecule has 0 fully saturated rings. The van der Waals surface area contributed by atoms with E-state index in [0.29, 0.717) is 40.3 Å². The van der Waals surface area contributed by atoms with Crippen LogP contribution in [0.15, 0.2) is 52.9 Å². The van der Waals surface area contributed by atoms with Gasteiger partial charge in [0.2, 0.25) is 0 Å². The Hall–Kier alpha value is -2.79. The topological polar surface area (TPSA) is 65.7 Å². The maximum Gasteiger partial charge on any atom is 0.342 e. The van der Waals surface area contributed by atoms with Crippen LogP contribution in [-0.4, -0.2) is 24.4 Å². The third-order valence-corrected chi connectivity index (χ3v) is 4.19. The van der Waals surface area contributed by atoms with Crippen molar-refractivity contribution in [3.8, 4) is 17.1 Å². The lowest BCUT2D eigenvalue weighted by atomic mass is 10.1. The highest BCUT2D eigenvalue weighted by molar-refractivity contribution is 6.17. The first kappa shape index (κ1) is 19.0. The summed E-state index contributed by atoms with van der Waals surface area (Å²) in [6, 6.07) is 14.2. The fourth-order valence-corrected chi connectivity index (χ4v) is 2.87. The molecule has 6 heteroatoms. The van der Waals surface area contributed by atoms with E-state index in [1.54, 1.807) is 25.1 Å². The predicted octanol–water partition coefficient (Wildman–Crippen LogP) is 5.20. The first-order valence-electron chi connectivity index (χ1n) is 8.69. The van der Waals surface area contributed by atoms with Crippen LogP contribution >= 0.6 is 11.6 Å². The molecule has 3 aromatic rings. The number of carbonyl (C=O) groups is 2. The number of fused-ring (bicyclic) bond motifs is 1. The molecule has 3 rings (SSSR count). The fraction of sp³-hybridized carbons (Fsp3) is 0.238. The fourth-order valence-electron chi connectivity index (χ4n) is 2.73. The number of alkyl halides is 1. The molecule has 0 atom stereocenters. The van der Waals surface area contributed by atoms with Gasteiger partial charge in [-0.15, -0.1) is 11.6 Å². The summed E-state index contributed by atoms with van der Waals surface area (Å²) >= 11 is 5.60. The summed E-state index contributed by atoms with van der Waals surface area (Å²) in [7, 11) is 0. The summed E-state index contributed by atoms with van der Waals surface area (Å²) in [5, 5.41) is 0.537. The van der Waals surface area contributed by atoms with Gasteiger partial charge in [-0.25, -0.2) is 4.79 Å². The van der Waals surface area contributed by atoms with E-state index in [1.165, 1.54) is 0 Å². The van der Waals surface area contributed by atoms with E-state index < -0.39 is 5.97 Å². The molecule has 0 radical (unpaired) electrons. The van der Waals surface area contributed by atoms with Crippen molar-refractivity contribution in [1.82, 2.24) is 0 Å². The number of furan rings is 1. The molecule has 0 aliphatic rings. The van der Waals surface area contributed by atoms with Crippen LogP contribution in [0.25, 0.3) is 22.3 Å². The van der Waals surface area contributed by atoms with E-state index in [-0.39, 0.29) is 19.0 Å². The zero-order chi connectivity index (χ0) is 19.2. The Morgan fingerprint density at radius 1 is 1.11 bits per heavy atom. The van der Waals surface area contributed by atoms with E-state index in [4.69, 9.17) is 25.5 Å². The quantitative estimate of drug-likeness (QED) is 0.317. The second kappa shape index (κ2) is 8.73. The highest BCUT2D eigenvalue weighted by Crippen LogP contribution is 2.36. The zero-order valence-corrected chi connectivity index (χ0v) is 15.6. The molecule has 0 spiro atoms. The molecule has 0 aliphatic heterocycles. The minimum Gasteiger partial charge on any atom is -0.462 e. The van der Waals surface area contributed by atoms with E-state index in [1.807, 2.05) is 30.3 Å². The molecule has 0 aliphatic carbocycles. The van der Waals surface area contributed by atoms with Gasteiger partial charge in [0.15, 0.2) is 0 Å².